The highest BCUT2D eigenvalue weighted by atomic mass is 16.3. The average Bonchev–Trinajstić information content (AvgIpc) is 3.26. The molecule has 1 aliphatic rings. The van der Waals surface area contributed by atoms with E-state index >= 15 is 0 Å². The van der Waals surface area contributed by atoms with Gasteiger partial charge < -0.3 is 9.32 Å². The predicted molar refractivity (Wildman–Crippen MR) is 92.9 cm³/mol. The summed E-state index contributed by atoms with van der Waals surface area (Å²) in [6, 6.07) is 23.4. The number of rotatable bonds is 4. The molecule has 1 amide bonds. The van der Waals surface area contributed by atoms with Gasteiger partial charge in [0, 0.05) is 12.1 Å². The summed E-state index contributed by atoms with van der Waals surface area (Å²) in [6.07, 6.45) is 3.65. The Labute approximate surface area is 140 Å². The van der Waals surface area contributed by atoms with Crippen molar-refractivity contribution in [3.63, 3.8) is 0 Å². The summed E-state index contributed by atoms with van der Waals surface area (Å²) >= 11 is 0. The van der Waals surface area contributed by atoms with Crippen LogP contribution in [-0.2, 0) is 11.3 Å². The van der Waals surface area contributed by atoms with Crippen molar-refractivity contribution >= 4 is 11.5 Å². The van der Waals surface area contributed by atoms with Gasteiger partial charge in [-0.25, -0.2) is 0 Å². The lowest BCUT2D eigenvalue weighted by atomic mass is 10.1. The quantitative estimate of drug-likeness (QED) is 0.713. The molecule has 4 rings (SSSR count). The van der Waals surface area contributed by atoms with Crippen molar-refractivity contribution in [1.82, 2.24) is 4.90 Å². The van der Waals surface area contributed by atoms with E-state index in [1.807, 2.05) is 83.8 Å². The van der Waals surface area contributed by atoms with Crippen LogP contribution in [0.4, 0.5) is 0 Å². The zero-order valence-electron chi connectivity index (χ0n) is 13.1. The van der Waals surface area contributed by atoms with Crippen LogP contribution in [0.1, 0.15) is 22.9 Å². The molecule has 0 aliphatic carbocycles. The highest BCUT2D eigenvalue weighted by molar-refractivity contribution is 6.21. The van der Waals surface area contributed by atoms with Gasteiger partial charge in [-0.3, -0.25) is 4.79 Å². The molecule has 3 heteroatoms. The summed E-state index contributed by atoms with van der Waals surface area (Å²) < 4.78 is 5.58. The molecular weight excluding hydrogens is 298 g/mol. The lowest BCUT2D eigenvalue weighted by molar-refractivity contribution is -0.126. The molecule has 118 valence electrons. The molecule has 0 radical (unpaired) electrons. The van der Waals surface area contributed by atoms with Crippen LogP contribution in [-0.4, -0.2) is 10.8 Å². The van der Waals surface area contributed by atoms with E-state index in [0.717, 1.165) is 22.5 Å². The van der Waals surface area contributed by atoms with Gasteiger partial charge in [0.25, 0.3) is 5.91 Å². The first-order valence-electron chi connectivity index (χ1n) is 7.98. The second-order valence-electron chi connectivity index (χ2n) is 5.83. The van der Waals surface area contributed by atoms with E-state index in [0.29, 0.717) is 6.54 Å². The molecule has 1 aliphatic heterocycles. The fourth-order valence-corrected chi connectivity index (χ4v) is 3.08. The summed E-state index contributed by atoms with van der Waals surface area (Å²) in [5, 5.41) is 0. The number of hydrogen-bond donors (Lipinski definition) is 0. The minimum Gasteiger partial charge on any atom is -0.467 e. The van der Waals surface area contributed by atoms with E-state index < -0.39 is 0 Å². The van der Waals surface area contributed by atoms with Crippen LogP contribution in [0.25, 0.3) is 5.57 Å². The van der Waals surface area contributed by atoms with Crippen LogP contribution in [0.2, 0.25) is 0 Å². The van der Waals surface area contributed by atoms with Gasteiger partial charge in [0.05, 0.1) is 6.26 Å². The molecule has 0 saturated carbocycles. The Morgan fingerprint density at radius 3 is 2.25 bits per heavy atom. The van der Waals surface area contributed by atoms with Crippen molar-refractivity contribution in [1.29, 1.82) is 0 Å². The summed E-state index contributed by atoms with van der Waals surface area (Å²) in [6.45, 7) is 0.553. The molecule has 3 nitrogen and oxygen atoms in total. The minimum atomic E-state index is -0.178. The maximum absolute atomic E-state index is 13.0. The van der Waals surface area contributed by atoms with E-state index in [9.17, 15) is 4.79 Å². The van der Waals surface area contributed by atoms with Crippen LogP contribution >= 0.6 is 0 Å². The smallest absolute Gasteiger partial charge is 0.255 e. The first-order chi connectivity index (χ1) is 11.8. The second kappa shape index (κ2) is 6.20. The summed E-state index contributed by atoms with van der Waals surface area (Å²) in [5.74, 6) is 0.816. The standard InChI is InChI=1S/C21H17NO2/c23-21-18(17-10-5-2-6-11-17)14-19(20-12-7-13-24-20)22(21)15-16-8-3-1-4-9-16/h1-14,19H,15H2. The Hall–Kier alpha value is -3.07. The SMILES string of the molecule is O=C1C(c2ccccc2)=CC(c2ccco2)N1Cc1ccccc1. The number of amides is 1. The Balaban J connectivity index is 1.71. The molecule has 0 bridgehead atoms. The van der Waals surface area contributed by atoms with Crippen LogP contribution in [0.5, 0.6) is 0 Å². The van der Waals surface area contributed by atoms with Crippen molar-refractivity contribution in [2.24, 2.45) is 0 Å². The van der Waals surface area contributed by atoms with Gasteiger partial charge in [0.2, 0.25) is 0 Å². The molecule has 2 aromatic carbocycles. The van der Waals surface area contributed by atoms with Crippen molar-refractivity contribution in [2.75, 3.05) is 0 Å². The largest absolute Gasteiger partial charge is 0.467 e. The van der Waals surface area contributed by atoms with Crippen LogP contribution in [0.3, 0.4) is 0 Å². The highest BCUT2D eigenvalue weighted by Crippen LogP contribution is 2.36. The molecule has 2 heterocycles. The minimum absolute atomic E-state index is 0.0338. The first kappa shape index (κ1) is 14.5. The van der Waals surface area contributed by atoms with Gasteiger partial charge in [-0.2, -0.15) is 0 Å². The van der Waals surface area contributed by atoms with Gasteiger partial charge in [-0.1, -0.05) is 60.7 Å². The van der Waals surface area contributed by atoms with E-state index in [1.165, 1.54) is 0 Å². The molecule has 3 aromatic rings. The third-order valence-corrected chi connectivity index (χ3v) is 4.27. The van der Waals surface area contributed by atoms with Gasteiger partial charge in [-0.05, 0) is 29.3 Å². The highest BCUT2D eigenvalue weighted by Gasteiger charge is 2.35. The number of carbonyl (C=O) groups is 1. The zero-order valence-corrected chi connectivity index (χ0v) is 13.1. The predicted octanol–water partition coefficient (Wildman–Crippen LogP) is 4.45. The summed E-state index contributed by atoms with van der Waals surface area (Å²) in [4.78, 5) is 14.9. The zero-order chi connectivity index (χ0) is 16.4. The van der Waals surface area contributed by atoms with Gasteiger partial charge in [0.1, 0.15) is 11.8 Å². The maximum atomic E-state index is 13.0. The Morgan fingerprint density at radius 1 is 0.875 bits per heavy atom. The molecule has 24 heavy (non-hydrogen) atoms. The molecule has 1 unspecified atom stereocenters. The number of nitrogens with zero attached hydrogens (tertiary/aromatic N) is 1. The van der Waals surface area contributed by atoms with Gasteiger partial charge >= 0.3 is 0 Å². The topological polar surface area (TPSA) is 33.5 Å². The fraction of sp³-hybridized carbons (Fsp3) is 0.0952. The molecular formula is C21H17NO2. The molecule has 0 N–H and O–H groups in total. The monoisotopic (exact) mass is 315 g/mol. The lowest BCUT2D eigenvalue weighted by Gasteiger charge is -2.23. The molecule has 1 aromatic heterocycles. The Morgan fingerprint density at radius 2 is 1.58 bits per heavy atom. The van der Waals surface area contributed by atoms with Crippen LogP contribution in [0.15, 0.2) is 89.6 Å². The lowest BCUT2D eigenvalue weighted by Crippen LogP contribution is -2.28. The molecule has 0 fully saturated rings. The summed E-state index contributed by atoms with van der Waals surface area (Å²) in [5.41, 5.74) is 2.77. The first-order valence-corrected chi connectivity index (χ1v) is 7.98. The third-order valence-electron chi connectivity index (χ3n) is 4.27. The van der Waals surface area contributed by atoms with Crippen molar-refractivity contribution in [3.8, 4) is 0 Å². The van der Waals surface area contributed by atoms with E-state index in [-0.39, 0.29) is 11.9 Å². The normalized spacial score (nSPS) is 17.2. The number of carbonyl (C=O) groups excluding carboxylic acids is 1. The fourth-order valence-electron chi connectivity index (χ4n) is 3.08. The average molecular weight is 315 g/mol. The van der Waals surface area contributed by atoms with Crippen LogP contribution in [0, 0.1) is 0 Å². The van der Waals surface area contributed by atoms with Gasteiger partial charge in [-0.15, -0.1) is 0 Å². The van der Waals surface area contributed by atoms with Crippen molar-refractivity contribution < 1.29 is 9.21 Å². The number of furan rings is 1. The third kappa shape index (κ3) is 2.65. The van der Waals surface area contributed by atoms with Crippen molar-refractivity contribution in [2.45, 2.75) is 12.6 Å². The maximum Gasteiger partial charge on any atom is 0.255 e. The van der Waals surface area contributed by atoms with E-state index in [1.54, 1.807) is 6.26 Å². The molecule has 1 atom stereocenters. The molecule has 0 saturated heterocycles. The number of benzene rings is 2. The van der Waals surface area contributed by atoms with Crippen molar-refractivity contribution in [3.05, 3.63) is 102 Å². The summed E-state index contributed by atoms with van der Waals surface area (Å²) in [7, 11) is 0. The Bertz CT molecular complexity index is 851. The van der Waals surface area contributed by atoms with E-state index in [4.69, 9.17) is 4.42 Å². The number of hydrogen-bond acceptors (Lipinski definition) is 2. The molecule has 0 spiro atoms. The Kier molecular flexibility index (Phi) is 3.75. The second-order valence-corrected chi connectivity index (χ2v) is 5.83. The van der Waals surface area contributed by atoms with E-state index in [2.05, 4.69) is 0 Å². The van der Waals surface area contributed by atoms with Crippen LogP contribution < -0.4 is 0 Å². The van der Waals surface area contributed by atoms with Gasteiger partial charge in [0.15, 0.2) is 0 Å².